The lowest BCUT2D eigenvalue weighted by atomic mass is 9.95. The number of aromatic nitrogens is 2. The molecule has 6 nitrogen and oxygen atoms in total. The fourth-order valence-corrected chi connectivity index (χ4v) is 4.77. The van der Waals surface area contributed by atoms with Gasteiger partial charge in [0.25, 0.3) is 0 Å². The number of ether oxygens (including phenoxy) is 1. The lowest BCUT2D eigenvalue weighted by molar-refractivity contribution is -0.116. The molecular weight excluding hydrogens is 430 g/mol. The van der Waals surface area contributed by atoms with Crippen LogP contribution in [0.25, 0.3) is 0 Å². The van der Waals surface area contributed by atoms with E-state index < -0.39 is 0 Å². The lowest BCUT2D eigenvalue weighted by Gasteiger charge is -2.12. The third-order valence-electron chi connectivity index (χ3n) is 4.66. The molecule has 1 aliphatic carbocycles. The van der Waals surface area contributed by atoms with Crippen molar-refractivity contribution in [1.29, 1.82) is 0 Å². The molecule has 146 valence electrons. The Morgan fingerprint density at radius 1 is 1.37 bits per heavy atom. The minimum atomic E-state index is -0.321. The van der Waals surface area contributed by atoms with E-state index >= 15 is 0 Å². The van der Waals surface area contributed by atoms with E-state index in [2.05, 4.69) is 26.3 Å². The fourth-order valence-electron chi connectivity index (χ4n) is 3.18. The van der Waals surface area contributed by atoms with Crippen LogP contribution in [0, 0.1) is 6.92 Å². The second kappa shape index (κ2) is 9.01. The molecule has 1 amide bonds. The van der Waals surface area contributed by atoms with Gasteiger partial charge in [0, 0.05) is 17.0 Å². The van der Waals surface area contributed by atoms with Gasteiger partial charge in [-0.1, -0.05) is 6.92 Å². The molecule has 0 saturated heterocycles. The molecule has 0 radical (unpaired) electrons. The van der Waals surface area contributed by atoms with Gasteiger partial charge in [-0.05, 0) is 60.5 Å². The van der Waals surface area contributed by atoms with Crippen molar-refractivity contribution in [3.63, 3.8) is 0 Å². The van der Waals surface area contributed by atoms with E-state index in [0.717, 1.165) is 47.8 Å². The summed E-state index contributed by atoms with van der Waals surface area (Å²) in [7, 11) is 0. The number of anilines is 1. The average molecular weight is 454 g/mol. The lowest BCUT2D eigenvalue weighted by Crippen LogP contribution is -2.18. The smallest absolute Gasteiger partial charge is 0.341 e. The second-order valence-electron chi connectivity index (χ2n) is 6.65. The number of nitrogens with zero attached hydrogens (tertiary/aromatic N) is 2. The molecule has 0 saturated carbocycles. The predicted octanol–water partition coefficient (Wildman–Crippen LogP) is 4.49. The van der Waals surface area contributed by atoms with Gasteiger partial charge in [-0.3, -0.25) is 9.48 Å². The van der Waals surface area contributed by atoms with E-state index in [1.807, 2.05) is 13.8 Å². The third-order valence-corrected chi connectivity index (χ3v) is 6.65. The maximum atomic E-state index is 12.6. The van der Waals surface area contributed by atoms with Crippen molar-refractivity contribution < 1.29 is 14.3 Å². The molecule has 0 unspecified atom stereocenters. The Labute approximate surface area is 171 Å². The number of amides is 1. The van der Waals surface area contributed by atoms with Crippen LogP contribution < -0.4 is 5.32 Å². The summed E-state index contributed by atoms with van der Waals surface area (Å²) in [5.74, 6) is -0.442. The zero-order valence-corrected chi connectivity index (χ0v) is 18.0. The number of carbonyl (C=O) groups is 2. The Balaban J connectivity index is 1.73. The summed E-state index contributed by atoms with van der Waals surface area (Å²) < 4.78 is 8.09. The Hall–Kier alpha value is -1.67. The summed E-state index contributed by atoms with van der Waals surface area (Å²) in [4.78, 5) is 26.3. The Bertz CT molecular complexity index is 844. The van der Waals surface area contributed by atoms with Gasteiger partial charge in [-0.2, -0.15) is 5.10 Å². The number of hydrogen-bond acceptors (Lipinski definition) is 5. The quantitative estimate of drug-likeness (QED) is 0.626. The van der Waals surface area contributed by atoms with Crippen LogP contribution in [0.2, 0.25) is 0 Å². The molecule has 27 heavy (non-hydrogen) atoms. The summed E-state index contributed by atoms with van der Waals surface area (Å²) >= 11 is 4.94. The number of aryl methyl sites for hydroxylation is 2. The molecule has 1 aliphatic rings. The molecule has 0 bridgehead atoms. The number of rotatable bonds is 7. The van der Waals surface area contributed by atoms with Crippen LogP contribution in [0.5, 0.6) is 0 Å². The first-order valence-electron chi connectivity index (χ1n) is 9.30. The van der Waals surface area contributed by atoms with E-state index in [1.54, 1.807) is 10.9 Å². The zero-order chi connectivity index (χ0) is 19.4. The maximum Gasteiger partial charge on any atom is 0.341 e. The average Bonchev–Trinajstić information content (AvgIpc) is 3.18. The monoisotopic (exact) mass is 453 g/mol. The van der Waals surface area contributed by atoms with Gasteiger partial charge in [0.2, 0.25) is 5.91 Å². The van der Waals surface area contributed by atoms with Gasteiger partial charge in [0.15, 0.2) is 0 Å². The van der Waals surface area contributed by atoms with E-state index in [4.69, 9.17) is 4.74 Å². The zero-order valence-electron chi connectivity index (χ0n) is 15.6. The highest BCUT2D eigenvalue weighted by atomic mass is 79.9. The number of fused-ring (bicyclic) bond motifs is 1. The summed E-state index contributed by atoms with van der Waals surface area (Å²) in [6.45, 7) is 4.80. The normalized spacial score (nSPS) is 13.3. The van der Waals surface area contributed by atoms with E-state index in [-0.39, 0.29) is 11.9 Å². The number of nitrogens with one attached hydrogen (secondary N) is 1. The molecular formula is C19H24BrN3O3S. The summed E-state index contributed by atoms with van der Waals surface area (Å²) in [5.41, 5.74) is 2.61. The highest BCUT2D eigenvalue weighted by Gasteiger charge is 2.27. The van der Waals surface area contributed by atoms with Crippen LogP contribution in [0.3, 0.4) is 0 Å². The molecule has 3 rings (SSSR count). The molecule has 1 N–H and O–H groups in total. The van der Waals surface area contributed by atoms with Crippen molar-refractivity contribution in [3.05, 3.63) is 32.4 Å². The van der Waals surface area contributed by atoms with Crippen molar-refractivity contribution >= 4 is 44.1 Å². The Morgan fingerprint density at radius 2 is 2.15 bits per heavy atom. The molecule has 0 aliphatic heterocycles. The van der Waals surface area contributed by atoms with Crippen LogP contribution in [0.4, 0.5) is 5.00 Å². The predicted molar refractivity (Wildman–Crippen MR) is 109 cm³/mol. The molecule has 0 spiro atoms. The standard InChI is InChI=1S/C19H24BrN3O3S/c1-3-10-26-19(25)17-13-6-4-5-7-15(13)27-18(17)22-16(24)8-9-23-12(2)14(20)11-21-23/h11H,3-10H2,1-2H3,(H,22,24). The molecule has 0 aromatic carbocycles. The van der Waals surface area contributed by atoms with Crippen molar-refractivity contribution in [2.75, 3.05) is 11.9 Å². The largest absolute Gasteiger partial charge is 0.462 e. The first kappa shape index (κ1) is 20.1. The van der Waals surface area contributed by atoms with Crippen molar-refractivity contribution in [1.82, 2.24) is 9.78 Å². The number of carbonyl (C=O) groups excluding carboxylic acids is 2. The van der Waals surface area contributed by atoms with Crippen molar-refractivity contribution in [2.45, 2.75) is 58.9 Å². The van der Waals surface area contributed by atoms with Crippen molar-refractivity contribution in [2.24, 2.45) is 0 Å². The van der Waals surface area contributed by atoms with Crippen LogP contribution in [0.15, 0.2) is 10.7 Å². The third kappa shape index (κ3) is 4.60. The number of esters is 1. The molecule has 2 aromatic heterocycles. The summed E-state index contributed by atoms with van der Waals surface area (Å²) in [6, 6.07) is 0. The number of hydrogen-bond donors (Lipinski definition) is 1. The Morgan fingerprint density at radius 3 is 2.85 bits per heavy atom. The van der Waals surface area contributed by atoms with Gasteiger partial charge in [-0.25, -0.2) is 4.79 Å². The van der Waals surface area contributed by atoms with Gasteiger partial charge < -0.3 is 10.1 Å². The fraction of sp³-hybridized carbons (Fsp3) is 0.526. The minimum Gasteiger partial charge on any atom is -0.462 e. The summed E-state index contributed by atoms with van der Waals surface area (Å²) in [6.07, 6.45) is 6.82. The van der Waals surface area contributed by atoms with Crippen LogP contribution in [-0.4, -0.2) is 28.3 Å². The van der Waals surface area contributed by atoms with E-state index in [0.29, 0.717) is 30.1 Å². The molecule has 0 fully saturated rings. The van der Waals surface area contributed by atoms with Crippen LogP contribution in [0.1, 0.15) is 59.1 Å². The molecule has 2 aromatic rings. The first-order chi connectivity index (χ1) is 13.0. The van der Waals surface area contributed by atoms with E-state index in [9.17, 15) is 9.59 Å². The van der Waals surface area contributed by atoms with Crippen molar-refractivity contribution in [3.8, 4) is 0 Å². The minimum absolute atomic E-state index is 0.121. The maximum absolute atomic E-state index is 12.6. The van der Waals surface area contributed by atoms with Gasteiger partial charge >= 0.3 is 5.97 Å². The topological polar surface area (TPSA) is 73.2 Å². The second-order valence-corrected chi connectivity index (χ2v) is 8.61. The highest BCUT2D eigenvalue weighted by Crippen LogP contribution is 2.38. The molecule has 2 heterocycles. The number of thiophene rings is 1. The first-order valence-corrected chi connectivity index (χ1v) is 10.9. The SMILES string of the molecule is CCCOC(=O)c1c(NC(=O)CCn2ncc(Br)c2C)sc2c1CCCC2. The van der Waals surface area contributed by atoms with Crippen LogP contribution in [-0.2, 0) is 28.9 Å². The van der Waals surface area contributed by atoms with Crippen LogP contribution >= 0.6 is 27.3 Å². The highest BCUT2D eigenvalue weighted by molar-refractivity contribution is 9.10. The Kier molecular flexibility index (Phi) is 6.70. The van der Waals surface area contributed by atoms with E-state index in [1.165, 1.54) is 16.2 Å². The number of halogens is 1. The molecule has 8 heteroatoms. The van der Waals surface area contributed by atoms with Gasteiger partial charge in [0.1, 0.15) is 5.00 Å². The molecule has 0 atom stereocenters. The summed E-state index contributed by atoms with van der Waals surface area (Å²) in [5, 5.41) is 7.82. The van der Waals surface area contributed by atoms with Gasteiger partial charge in [0.05, 0.1) is 29.4 Å². The van der Waals surface area contributed by atoms with Gasteiger partial charge in [-0.15, -0.1) is 11.3 Å².